The van der Waals surface area contributed by atoms with Crippen molar-refractivity contribution >= 4 is 23.1 Å². The number of aromatic nitrogens is 1. The average molecular weight is 330 g/mol. The highest BCUT2D eigenvalue weighted by atomic mass is 32.1. The van der Waals surface area contributed by atoms with E-state index < -0.39 is 0 Å². The Morgan fingerprint density at radius 3 is 2.78 bits per heavy atom. The summed E-state index contributed by atoms with van der Waals surface area (Å²) in [7, 11) is 2.14. The number of nitrogens with one attached hydrogen (secondary N) is 1. The van der Waals surface area contributed by atoms with Crippen molar-refractivity contribution in [3.63, 3.8) is 0 Å². The fourth-order valence-electron chi connectivity index (χ4n) is 2.65. The minimum absolute atomic E-state index is 0.00420. The van der Waals surface area contributed by atoms with Gasteiger partial charge in [-0.3, -0.25) is 4.79 Å². The number of hydrogen-bond acceptors (Lipinski definition) is 5. The molecule has 1 N–H and O–H groups in total. The van der Waals surface area contributed by atoms with Crippen LogP contribution in [0.25, 0.3) is 0 Å². The molecule has 0 radical (unpaired) electrons. The first kappa shape index (κ1) is 16.0. The van der Waals surface area contributed by atoms with Gasteiger partial charge in [0.05, 0.1) is 4.88 Å². The number of piperazine rings is 1. The highest BCUT2D eigenvalue weighted by Crippen LogP contribution is 2.17. The number of thiophene rings is 1. The summed E-state index contributed by atoms with van der Waals surface area (Å²) in [5.74, 6) is 0.993. The van der Waals surface area contributed by atoms with Crippen molar-refractivity contribution in [2.45, 2.75) is 13.5 Å². The minimum Gasteiger partial charge on any atom is -0.354 e. The molecule has 0 aromatic carbocycles. The summed E-state index contributed by atoms with van der Waals surface area (Å²) in [4.78, 5) is 22.1. The maximum atomic E-state index is 12.2. The summed E-state index contributed by atoms with van der Waals surface area (Å²) in [6.45, 7) is 6.59. The van der Waals surface area contributed by atoms with Gasteiger partial charge in [0.25, 0.3) is 5.91 Å². The molecule has 3 heterocycles. The van der Waals surface area contributed by atoms with Gasteiger partial charge in [0.2, 0.25) is 0 Å². The van der Waals surface area contributed by atoms with Gasteiger partial charge in [-0.2, -0.15) is 0 Å². The van der Waals surface area contributed by atoms with E-state index in [2.05, 4.69) is 33.2 Å². The molecule has 5 nitrogen and oxygen atoms in total. The predicted molar refractivity (Wildman–Crippen MR) is 94.2 cm³/mol. The van der Waals surface area contributed by atoms with Gasteiger partial charge >= 0.3 is 0 Å². The number of aryl methyl sites for hydroxylation is 1. The first-order valence-electron chi connectivity index (χ1n) is 7.84. The molecule has 0 saturated carbocycles. The van der Waals surface area contributed by atoms with Crippen molar-refractivity contribution in [2.24, 2.45) is 0 Å². The average Bonchev–Trinajstić information content (AvgIpc) is 3.00. The van der Waals surface area contributed by atoms with Crippen LogP contribution in [0.15, 0.2) is 29.8 Å². The standard InChI is InChI=1S/C17H22N4OS/c1-13-4-10-23-16(13)17(22)19-12-14-3-5-18-15(11-14)21-8-6-20(2)7-9-21/h3-5,10-11H,6-9,12H2,1-2H3,(H,19,22). The van der Waals surface area contributed by atoms with E-state index in [0.717, 1.165) is 48.0 Å². The molecule has 6 heteroatoms. The summed E-state index contributed by atoms with van der Waals surface area (Å²) in [5.41, 5.74) is 2.11. The predicted octanol–water partition coefficient (Wildman–Crippen LogP) is 2.13. The quantitative estimate of drug-likeness (QED) is 0.933. The lowest BCUT2D eigenvalue weighted by Crippen LogP contribution is -2.44. The molecular weight excluding hydrogens is 308 g/mol. The maximum Gasteiger partial charge on any atom is 0.261 e. The van der Waals surface area contributed by atoms with Crippen LogP contribution < -0.4 is 10.2 Å². The van der Waals surface area contributed by atoms with Crippen molar-refractivity contribution in [1.29, 1.82) is 0 Å². The molecule has 1 saturated heterocycles. The number of carbonyl (C=O) groups excluding carboxylic acids is 1. The monoisotopic (exact) mass is 330 g/mol. The molecule has 1 aliphatic heterocycles. The zero-order valence-electron chi connectivity index (χ0n) is 13.6. The van der Waals surface area contributed by atoms with E-state index in [-0.39, 0.29) is 5.91 Å². The summed E-state index contributed by atoms with van der Waals surface area (Å²) >= 11 is 1.48. The van der Waals surface area contributed by atoms with Gasteiger partial charge in [0.1, 0.15) is 5.82 Å². The molecule has 0 bridgehead atoms. The highest BCUT2D eigenvalue weighted by Gasteiger charge is 2.15. The molecule has 122 valence electrons. The lowest BCUT2D eigenvalue weighted by molar-refractivity contribution is 0.0954. The van der Waals surface area contributed by atoms with Crippen LogP contribution in [0, 0.1) is 6.92 Å². The molecule has 3 rings (SSSR count). The van der Waals surface area contributed by atoms with E-state index >= 15 is 0 Å². The number of anilines is 1. The zero-order chi connectivity index (χ0) is 16.2. The van der Waals surface area contributed by atoms with Crippen LogP contribution in [0.5, 0.6) is 0 Å². The highest BCUT2D eigenvalue weighted by molar-refractivity contribution is 7.12. The number of pyridine rings is 1. The second-order valence-electron chi connectivity index (χ2n) is 5.93. The largest absolute Gasteiger partial charge is 0.354 e. The first-order valence-corrected chi connectivity index (χ1v) is 8.72. The van der Waals surface area contributed by atoms with E-state index in [1.165, 1.54) is 11.3 Å². The summed E-state index contributed by atoms with van der Waals surface area (Å²) in [6, 6.07) is 6.01. The molecule has 0 atom stereocenters. The maximum absolute atomic E-state index is 12.2. The van der Waals surface area contributed by atoms with Gasteiger partial charge in [-0.25, -0.2) is 4.98 Å². The van der Waals surface area contributed by atoms with Crippen LogP contribution in [-0.2, 0) is 6.54 Å². The first-order chi connectivity index (χ1) is 11.1. The molecule has 2 aromatic rings. The fourth-order valence-corrected chi connectivity index (χ4v) is 3.49. The molecule has 0 unspecified atom stereocenters. The number of rotatable bonds is 4. The van der Waals surface area contributed by atoms with Crippen molar-refractivity contribution in [3.05, 3.63) is 45.8 Å². The smallest absolute Gasteiger partial charge is 0.261 e. The Morgan fingerprint density at radius 2 is 2.09 bits per heavy atom. The van der Waals surface area contributed by atoms with Crippen LogP contribution in [0.4, 0.5) is 5.82 Å². The van der Waals surface area contributed by atoms with Gasteiger partial charge in [-0.1, -0.05) is 0 Å². The molecule has 1 amide bonds. The molecule has 1 fully saturated rings. The third-order valence-electron chi connectivity index (χ3n) is 4.16. The summed E-state index contributed by atoms with van der Waals surface area (Å²) in [6.07, 6.45) is 1.82. The normalized spacial score (nSPS) is 15.7. The van der Waals surface area contributed by atoms with Crippen LogP contribution in [0.1, 0.15) is 20.8 Å². The van der Waals surface area contributed by atoms with Crippen LogP contribution in [-0.4, -0.2) is 49.0 Å². The van der Waals surface area contributed by atoms with Crippen molar-refractivity contribution in [1.82, 2.24) is 15.2 Å². The number of likely N-dealkylation sites (N-methyl/N-ethyl adjacent to an activating group) is 1. The SMILES string of the molecule is Cc1ccsc1C(=O)NCc1ccnc(N2CCN(C)CC2)c1. The third kappa shape index (κ3) is 3.89. The molecule has 2 aromatic heterocycles. The van der Waals surface area contributed by atoms with Gasteiger partial charge in [0, 0.05) is 38.9 Å². The van der Waals surface area contributed by atoms with E-state index in [1.807, 2.05) is 30.6 Å². The lowest BCUT2D eigenvalue weighted by atomic mass is 10.2. The summed E-state index contributed by atoms with van der Waals surface area (Å²) in [5, 5.41) is 4.94. The molecule has 0 spiro atoms. The lowest BCUT2D eigenvalue weighted by Gasteiger charge is -2.33. The Hall–Kier alpha value is -1.92. The van der Waals surface area contributed by atoms with Crippen LogP contribution >= 0.6 is 11.3 Å². The zero-order valence-corrected chi connectivity index (χ0v) is 14.4. The number of carbonyl (C=O) groups is 1. The van der Waals surface area contributed by atoms with Crippen molar-refractivity contribution in [2.75, 3.05) is 38.1 Å². The Labute approximate surface area is 140 Å². The number of nitrogens with zero attached hydrogens (tertiary/aromatic N) is 3. The Bertz CT molecular complexity index is 677. The molecular formula is C17H22N4OS. The van der Waals surface area contributed by atoms with Gasteiger partial charge in [-0.05, 0) is 48.7 Å². The van der Waals surface area contributed by atoms with Crippen molar-refractivity contribution < 1.29 is 4.79 Å². The third-order valence-corrected chi connectivity index (χ3v) is 5.17. The van der Waals surface area contributed by atoms with E-state index in [4.69, 9.17) is 0 Å². The molecule has 1 aliphatic rings. The molecule has 23 heavy (non-hydrogen) atoms. The van der Waals surface area contributed by atoms with Crippen LogP contribution in [0.2, 0.25) is 0 Å². The van der Waals surface area contributed by atoms with E-state index in [0.29, 0.717) is 6.54 Å². The fraction of sp³-hybridized carbons (Fsp3) is 0.412. The topological polar surface area (TPSA) is 48.5 Å². The number of amides is 1. The van der Waals surface area contributed by atoms with E-state index in [1.54, 1.807) is 0 Å². The molecule has 0 aliphatic carbocycles. The van der Waals surface area contributed by atoms with Crippen molar-refractivity contribution in [3.8, 4) is 0 Å². The second kappa shape index (κ2) is 7.10. The Balaban J connectivity index is 1.62. The number of hydrogen-bond donors (Lipinski definition) is 1. The summed E-state index contributed by atoms with van der Waals surface area (Å²) < 4.78 is 0. The Morgan fingerprint density at radius 1 is 1.30 bits per heavy atom. The van der Waals surface area contributed by atoms with Gasteiger partial charge in [-0.15, -0.1) is 11.3 Å². The van der Waals surface area contributed by atoms with Gasteiger partial charge < -0.3 is 15.1 Å². The minimum atomic E-state index is -0.00420. The Kier molecular flexibility index (Phi) is 4.93. The van der Waals surface area contributed by atoms with Gasteiger partial charge in [0.15, 0.2) is 0 Å². The second-order valence-corrected chi connectivity index (χ2v) is 6.84. The van der Waals surface area contributed by atoms with Crippen LogP contribution in [0.3, 0.4) is 0 Å². The van der Waals surface area contributed by atoms with E-state index in [9.17, 15) is 4.79 Å².